The van der Waals surface area contributed by atoms with E-state index in [1.165, 1.54) is 0 Å². The molecule has 1 saturated heterocycles. The van der Waals surface area contributed by atoms with Gasteiger partial charge in [-0.1, -0.05) is 30.3 Å². The number of aromatic nitrogens is 2. The van der Waals surface area contributed by atoms with Crippen LogP contribution >= 0.6 is 0 Å². The molecule has 0 aliphatic carbocycles. The van der Waals surface area contributed by atoms with Gasteiger partial charge in [0.25, 0.3) is 5.91 Å². The van der Waals surface area contributed by atoms with Gasteiger partial charge in [0.05, 0.1) is 5.54 Å². The lowest BCUT2D eigenvalue weighted by atomic mass is 9.82. The summed E-state index contributed by atoms with van der Waals surface area (Å²) in [6, 6.07) is 10.1. The van der Waals surface area contributed by atoms with Crippen molar-refractivity contribution in [2.75, 3.05) is 13.2 Å². The second-order valence-electron chi connectivity index (χ2n) is 5.43. The average molecular weight is 285 g/mol. The van der Waals surface area contributed by atoms with Gasteiger partial charge in [0.15, 0.2) is 5.82 Å². The van der Waals surface area contributed by atoms with Gasteiger partial charge in [-0.3, -0.25) is 4.79 Å². The summed E-state index contributed by atoms with van der Waals surface area (Å²) in [6.45, 7) is 3.17. The monoisotopic (exact) mass is 285 g/mol. The molecule has 0 unspecified atom stereocenters. The highest BCUT2D eigenvalue weighted by Crippen LogP contribution is 2.32. The Morgan fingerprint density at radius 1 is 1.29 bits per heavy atom. The number of aryl methyl sites for hydroxylation is 1. The van der Waals surface area contributed by atoms with Crippen LogP contribution in [-0.2, 0) is 10.3 Å². The first kappa shape index (κ1) is 13.8. The maximum absolute atomic E-state index is 12.5. The number of amides is 1. The minimum atomic E-state index is -0.378. The molecule has 110 valence electrons. The van der Waals surface area contributed by atoms with Crippen molar-refractivity contribution in [2.45, 2.75) is 25.3 Å². The number of benzene rings is 1. The normalized spacial score (nSPS) is 17.4. The van der Waals surface area contributed by atoms with E-state index in [9.17, 15) is 4.79 Å². The molecule has 2 N–H and O–H groups in total. The molecule has 0 spiro atoms. The van der Waals surface area contributed by atoms with Gasteiger partial charge in [0, 0.05) is 25.1 Å². The lowest BCUT2D eigenvalue weighted by Crippen LogP contribution is -2.49. The average Bonchev–Trinajstić information content (AvgIpc) is 2.96. The Bertz CT molecular complexity index is 615. The molecule has 1 aliphatic heterocycles. The number of ether oxygens (including phenoxy) is 1. The number of carbonyl (C=O) groups is 1. The lowest BCUT2D eigenvalue weighted by molar-refractivity contribution is 0.0342. The van der Waals surface area contributed by atoms with E-state index in [2.05, 4.69) is 27.4 Å². The molecule has 0 bridgehead atoms. The Balaban J connectivity index is 1.88. The number of H-pyrrole nitrogens is 1. The smallest absolute Gasteiger partial charge is 0.287 e. The fourth-order valence-corrected chi connectivity index (χ4v) is 2.77. The van der Waals surface area contributed by atoms with Crippen molar-refractivity contribution in [1.29, 1.82) is 0 Å². The Hall–Kier alpha value is -2.14. The van der Waals surface area contributed by atoms with Crippen molar-refractivity contribution in [1.82, 2.24) is 15.3 Å². The first-order chi connectivity index (χ1) is 10.2. The minimum Gasteiger partial charge on any atom is -0.381 e. The standard InChI is InChI=1S/C16H19N3O2/c1-12-11-17-14(18-12)15(20)19-16(7-9-21-10-8-16)13-5-3-2-4-6-13/h2-6,11H,7-10H2,1H3,(H,17,18)(H,19,20). The summed E-state index contributed by atoms with van der Waals surface area (Å²) in [7, 11) is 0. The Kier molecular flexibility index (Phi) is 3.75. The van der Waals surface area contributed by atoms with Gasteiger partial charge in [-0.25, -0.2) is 4.98 Å². The summed E-state index contributed by atoms with van der Waals surface area (Å²) in [5, 5.41) is 3.17. The summed E-state index contributed by atoms with van der Waals surface area (Å²) in [5.74, 6) is 0.183. The van der Waals surface area contributed by atoms with Crippen LogP contribution in [0.1, 0.15) is 34.7 Å². The third-order valence-electron chi connectivity index (χ3n) is 3.94. The molecular formula is C16H19N3O2. The molecule has 1 aliphatic rings. The van der Waals surface area contributed by atoms with Gasteiger partial charge in [0.2, 0.25) is 0 Å². The van der Waals surface area contributed by atoms with Gasteiger partial charge < -0.3 is 15.0 Å². The highest BCUT2D eigenvalue weighted by molar-refractivity contribution is 5.91. The van der Waals surface area contributed by atoms with Crippen molar-refractivity contribution < 1.29 is 9.53 Å². The van der Waals surface area contributed by atoms with E-state index in [1.807, 2.05) is 25.1 Å². The molecule has 0 atom stereocenters. The van der Waals surface area contributed by atoms with Crippen LogP contribution in [0.2, 0.25) is 0 Å². The van der Waals surface area contributed by atoms with Crippen LogP contribution in [-0.4, -0.2) is 29.1 Å². The number of nitrogens with zero attached hydrogens (tertiary/aromatic N) is 1. The molecule has 21 heavy (non-hydrogen) atoms. The van der Waals surface area contributed by atoms with Gasteiger partial charge in [-0.15, -0.1) is 0 Å². The van der Waals surface area contributed by atoms with Crippen molar-refractivity contribution in [2.24, 2.45) is 0 Å². The number of aromatic amines is 1. The highest BCUT2D eigenvalue weighted by Gasteiger charge is 2.36. The Morgan fingerprint density at radius 2 is 2.00 bits per heavy atom. The second kappa shape index (κ2) is 5.69. The number of nitrogens with one attached hydrogen (secondary N) is 2. The summed E-state index contributed by atoms with van der Waals surface area (Å²) in [4.78, 5) is 19.5. The summed E-state index contributed by atoms with van der Waals surface area (Å²) in [5.41, 5.74) is 1.61. The van der Waals surface area contributed by atoms with Gasteiger partial charge >= 0.3 is 0 Å². The summed E-state index contributed by atoms with van der Waals surface area (Å²) in [6.07, 6.45) is 3.19. The zero-order valence-electron chi connectivity index (χ0n) is 12.1. The molecule has 0 saturated carbocycles. The van der Waals surface area contributed by atoms with Crippen LogP contribution in [0, 0.1) is 6.92 Å². The first-order valence-electron chi connectivity index (χ1n) is 7.17. The van der Waals surface area contributed by atoms with Gasteiger partial charge in [-0.2, -0.15) is 0 Å². The molecule has 5 heteroatoms. The van der Waals surface area contributed by atoms with Gasteiger partial charge in [0.1, 0.15) is 0 Å². The molecule has 1 amide bonds. The highest BCUT2D eigenvalue weighted by atomic mass is 16.5. The third kappa shape index (κ3) is 2.83. The summed E-state index contributed by atoms with van der Waals surface area (Å²) >= 11 is 0. The number of hydrogen-bond acceptors (Lipinski definition) is 3. The number of hydrogen-bond donors (Lipinski definition) is 2. The van der Waals surface area contributed by atoms with E-state index in [0.29, 0.717) is 19.0 Å². The molecule has 5 nitrogen and oxygen atoms in total. The molecule has 0 radical (unpaired) electrons. The molecule has 2 heterocycles. The first-order valence-corrected chi connectivity index (χ1v) is 7.17. The maximum Gasteiger partial charge on any atom is 0.287 e. The van der Waals surface area contributed by atoms with Crippen molar-refractivity contribution >= 4 is 5.91 Å². The van der Waals surface area contributed by atoms with E-state index in [-0.39, 0.29) is 11.4 Å². The van der Waals surface area contributed by atoms with Crippen LogP contribution in [0.5, 0.6) is 0 Å². The van der Waals surface area contributed by atoms with Crippen LogP contribution in [0.3, 0.4) is 0 Å². The zero-order valence-corrected chi connectivity index (χ0v) is 12.1. The number of carbonyl (C=O) groups excluding carboxylic acids is 1. The van der Waals surface area contributed by atoms with E-state index in [4.69, 9.17) is 4.74 Å². The number of rotatable bonds is 3. The maximum atomic E-state index is 12.5. The van der Waals surface area contributed by atoms with E-state index >= 15 is 0 Å². The van der Waals surface area contributed by atoms with E-state index in [0.717, 1.165) is 24.1 Å². The lowest BCUT2D eigenvalue weighted by Gasteiger charge is -2.38. The SMILES string of the molecule is Cc1cnc(C(=O)NC2(c3ccccc3)CCOCC2)[nH]1. The molecule has 2 aromatic rings. The Labute approximate surface area is 123 Å². The Morgan fingerprint density at radius 3 is 2.62 bits per heavy atom. The largest absolute Gasteiger partial charge is 0.381 e. The number of imidazole rings is 1. The second-order valence-corrected chi connectivity index (χ2v) is 5.43. The fourth-order valence-electron chi connectivity index (χ4n) is 2.77. The molecule has 1 aromatic heterocycles. The predicted octanol–water partition coefficient (Wildman–Crippen LogP) is 2.15. The van der Waals surface area contributed by atoms with Crippen LogP contribution in [0.4, 0.5) is 0 Å². The van der Waals surface area contributed by atoms with E-state index in [1.54, 1.807) is 6.20 Å². The molecule has 1 fully saturated rings. The zero-order chi connectivity index (χ0) is 14.7. The third-order valence-corrected chi connectivity index (χ3v) is 3.94. The summed E-state index contributed by atoms with van der Waals surface area (Å²) < 4.78 is 5.46. The van der Waals surface area contributed by atoms with Crippen molar-refractivity contribution in [3.63, 3.8) is 0 Å². The quantitative estimate of drug-likeness (QED) is 0.908. The molecular weight excluding hydrogens is 266 g/mol. The topological polar surface area (TPSA) is 67.0 Å². The van der Waals surface area contributed by atoms with Crippen molar-refractivity contribution in [3.05, 3.63) is 53.6 Å². The van der Waals surface area contributed by atoms with Crippen LogP contribution in [0.25, 0.3) is 0 Å². The van der Waals surface area contributed by atoms with Gasteiger partial charge in [-0.05, 0) is 25.3 Å². The van der Waals surface area contributed by atoms with E-state index < -0.39 is 0 Å². The molecule has 1 aromatic carbocycles. The van der Waals surface area contributed by atoms with Crippen LogP contribution < -0.4 is 5.32 Å². The minimum absolute atomic E-state index is 0.172. The fraction of sp³-hybridized carbons (Fsp3) is 0.375. The molecule has 3 rings (SSSR count). The van der Waals surface area contributed by atoms with Crippen molar-refractivity contribution in [3.8, 4) is 0 Å². The predicted molar refractivity (Wildman–Crippen MR) is 79.0 cm³/mol. The van der Waals surface area contributed by atoms with Crippen LogP contribution in [0.15, 0.2) is 36.5 Å².